The average molecular weight is 445 g/mol. The highest BCUT2D eigenvalue weighted by Crippen LogP contribution is 2.30. The van der Waals surface area contributed by atoms with Crippen molar-refractivity contribution in [1.82, 2.24) is 0 Å². The van der Waals surface area contributed by atoms with E-state index in [9.17, 15) is 9.59 Å². The van der Waals surface area contributed by atoms with Gasteiger partial charge in [-0.1, -0.05) is 41.9 Å². The number of carbonyl (C=O) groups is 2. The van der Waals surface area contributed by atoms with Crippen LogP contribution >= 0.6 is 11.6 Å². The van der Waals surface area contributed by atoms with Gasteiger partial charge in [0.05, 0.1) is 0 Å². The van der Waals surface area contributed by atoms with Gasteiger partial charge in [-0.3, -0.25) is 9.59 Å². The fraction of sp³-hybridized carbons (Fsp3) is 0.0769. The summed E-state index contributed by atoms with van der Waals surface area (Å²) in [5, 5.41) is 6.36. The van der Waals surface area contributed by atoms with Crippen LogP contribution in [0.25, 0.3) is 11.3 Å². The van der Waals surface area contributed by atoms with Gasteiger partial charge in [-0.25, -0.2) is 0 Å². The maximum atomic E-state index is 12.7. The molecule has 0 fully saturated rings. The van der Waals surface area contributed by atoms with Gasteiger partial charge < -0.3 is 15.1 Å². The van der Waals surface area contributed by atoms with Crippen LogP contribution in [0.4, 0.5) is 11.4 Å². The van der Waals surface area contributed by atoms with E-state index in [0.29, 0.717) is 27.7 Å². The van der Waals surface area contributed by atoms with E-state index < -0.39 is 0 Å². The molecule has 0 saturated heterocycles. The number of rotatable bonds is 5. The summed E-state index contributed by atoms with van der Waals surface area (Å²) in [5.41, 5.74) is 4.40. The monoisotopic (exact) mass is 444 g/mol. The van der Waals surface area contributed by atoms with Crippen LogP contribution in [0.5, 0.6) is 0 Å². The number of hydrogen-bond donors (Lipinski definition) is 2. The highest BCUT2D eigenvalue weighted by Gasteiger charge is 2.15. The molecule has 3 aromatic carbocycles. The van der Waals surface area contributed by atoms with Crippen molar-refractivity contribution in [3.63, 3.8) is 0 Å². The Balaban J connectivity index is 1.46. The molecule has 0 atom stereocenters. The lowest BCUT2D eigenvalue weighted by Gasteiger charge is -2.11. The number of carbonyl (C=O) groups excluding carboxylic acids is 2. The van der Waals surface area contributed by atoms with Crippen molar-refractivity contribution in [2.24, 2.45) is 0 Å². The molecule has 0 saturated carbocycles. The van der Waals surface area contributed by atoms with Crippen molar-refractivity contribution in [1.29, 1.82) is 0 Å². The van der Waals surface area contributed by atoms with Gasteiger partial charge in [0.2, 0.25) is 0 Å². The predicted octanol–water partition coefficient (Wildman–Crippen LogP) is 6.72. The van der Waals surface area contributed by atoms with E-state index in [1.807, 2.05) is 50.2 Å². The summed E-state index contributed by atoms with van der Waals surface area (Å²) in [6.07, 6.45) is 0. The lowest BCUT2D eigenvalue weighted by molar-refractivity contribution is 0.0995. The minimum atomic E-state index is -0.364. The molecule has 0 aliphatic heterocycles. The zero-order valence-corrected chi connectivity index (χ0v) is 18.4. The smallest absolute Gasteiger partial charge is 0.291 e. The van der Waals surface area contributed by atoms with Crippen LogP contribution in [0.15, 0.2) is 83.3 Å². The number of benzene rings is 3. The number of aryl methyl sites for hydroxylation is 1. The molecule has 6 heteroatoms. The topological polar surface area (TPSA) is 71.3 Å². The molecule has 0 bridgehead atoms. The summed E-state index contributed by atoms with van der Waals surface area (Å²) < 4.78 is 5.77. The molecule has 1 aromatic heterocycles. The van der Waals surface area contributed by atoms with E-state index in [-0.39, 0.29) is 17.6 Å². The molecule has 0 radical (unpaired) electrons. The molecule has 2 amide bonds. The third-order valence-electron chi connectivity index (χ3n) is 5.13. The molecule has 4 aromatic rings. The van der Waals surface area contributed by atoms with Gasteiger partial charge in [-0.15, -0.1) is 0 Å². The lowest BCUT2D eigenvalue weighted by atomic mass is 10.1. The van der Waals surface area contributed by atoms with Gasteiger partial charge in [0.15, 0.2) is 5.76 Å². The van der Waals surface area contributed by atoms with Crippen LogP contribution in [0, 0.1) is 13.8 Å². The van der Waals surface area contributed by atoms with Crippen LogP contribution in [0.2, 0.25) is 5.02 Å². The van der Waals surface area contributed by atoms with Crippen LogP contribution in [-0.4, -0.2) is 11.8 Å². The minimum absolute atomic E-state index is 0.190. The van der Waals surface area contributed by atoms with Crippen molar-refractivity contribution in [3.8, 4) is 11.3 Å². The van der Waals surface area contributed by atoms with Gasteiger partial charge in [0.1, 0.15) is 5.76 Å². The Morgan fingerprint density at radius 1 is 0.812 bits per heavy atom. The lowest BCUT2D eigenvalue weighted by Crippen LogP contribution is -2.14. The normalized spacial score (nSPS) is 10.6. The quantitative estimate of drug-likeness (QED) is 0.359. The summed E-state index contributed by atoms with van der Waals surface area (Å²) in [6, 6.07) is 23.2. The van der Waals surface area contributed by atoms with Crippen LogP contribution in [0.1, 0.15) is 32.0 Å². The standard InChI is InChI=1S/C26H21ClN2O3/c1-16-15-19(11-12-22(16)29-25(30)18-7-4-3-5-8-18)28-26(31)24-14-13-23(32-24)20-9-6-10-21(27)17(20)2/h3-15H,1-2H3,(H,28,31)(H,29,30). The molecule has 0 aliphatic carbocycles. The third-order valence-corrected chi connectivity index (χ3v) is 5.54. The molecule has 1 heterocycles. The molecule has 2 N–H and O–H groups in total. The zero-order valence-electron chi connectivity index (χ0n) is 17.6. The first-order valence-electron chi connectivity index (χ1n) is 10.1. The molecular weight excluding hydrogens is 424 g/mol. The molecule has 5 nitrogen and oxygen atoms in total. The third kappa shape index (κ3) is 4.58. The Bertz CT molecular complexity index is 1300. The fourth-order valence-corrected chi connectivity index (χ4v) is 3.51. The Morgan fingerprint density at radius 2 is 1.59 bits per heavy atom. The van der Waals surface area contributed by atoms with Crippen molar-refractivity contribution < 1.29 is 14.0 Å². The minimum Gasteiger partial charge on any atom is -0.451 e. The van der Waals surface area contributed by atoms with Crippen molar-refractivity contribution >= 4 is 34.8 Å². The second-order valence-corrected chi connectivity index (χ2v) is 7.79. The van der Waals surface area contributed by atoms with Crippen LogP contribution in [-0.2, 0) is 0 Å². The van der Waals surface area contributed by atoms with E-state index >= 15 is 0 Å². The largest absolute Gasteiger partial charge is 0.451 e. The highest BCUT2D eigenvalue weighted by atomic mass is 35.5. The Labute approximate surface area is 191 Å². The van der Waals surface area contributed by atoms with Crippen LogP contribution < -0.4 is 10.6 Å². The number of amides is 2. The van der Waals surface area contributed by atoms with E-state index in [1.165, 1.54) is 0 Å². The van der Waals surface area contributed by atoms with E-state index in [0.717, 1.165) is 16.7 Å². The summed E-state index contributed by atoms with van der Waals surface area (Å²) in [6.45, 7) is 3.77. The Kier molecular flexibility index (Phi) is 6.10. The first-order valence-corrected chi connectivity index (χ1v) is 10.4. The van der Waals surface area contributed by atoms with Gasteiger partial charge in [0.25, 0.3) is 11.8 Å². The summed E-state index contributed by atoms with van der Waals surface area (Å²) in [5.74, 6) is 0.213. The second-order valence-electron chi connectivity index (χ2n) is 7.38. The number of furan rings is 1. The van der Waals surface area contributed by atoms with Gasteiger partial charge in [-0.05, 0) is 73.5 Å². The molecule has 0 unspecified atom stereocenters. The molecule has 0 spiro atoms. The molecule has 160 valence electrons. The van der Waals surface area contributed by atoms with Gasteiger partial charge >= 0.3 is 0 Å². The summed E-state index contributed by atoms with van der Waals surface area (Å²) in [7, 11) is 0. The SMILES string of the molecule is Cc1cc(NC(=O)c2ccc(-c3cccc(Cl)c3C)o2)ccc1NC(=O)c1ccccc1. The number of halogens is 1. The number of nitrogens with one attached hydrogen (secondary N) is 2. The number of anilines is 2. The predicted molar refractivity (Wildman–Crippen MR) is 127 cm³/mol. The van der Waals surface area contributed by atoms with E-state index in [2.05, 4.69) is 10.6 Å². The van der Waals surface area contributed by atoms with Crippen molar-refractivity contribution in [2.75, 3.05) is 10.6 Å². The maximum absolute atomic E-state index is 12.7. The molecule has 0 aliphatic rings. The van der Waals surface area contributed by atoms with Gasteiger partial charge in [-0.2, -0.15) is 0 Å². The molecular formula is C26H21ClN2O3. The molecule has 4 rings (SSSR count). The Morgan fingerprint density at radius 3 is 2.34 bits per heavy atom. The maximum Gasteiger partial charge on any atom is 0.291 e. The second kappa shape index (κ2) is 9.12. The molecule has 32 heavy (non-hydrogen) atoms. The summed E-state index contributed by atoms with van der Waals surface area (Å²) >= 11 is 6.19. The first-order chi connectivity index (χ1) is 15.4. The van der Waals surface area contributed by atoms with Crippen molar-refractivity contribution in [2.45, 2.75) is 13.8 Å². The number of hydrogen-bond acceptors (Lipinski definition) is 3. The van der Waals surface area contributed by atoms with E-state index in [4.69, 9.17) is 16.0 Å². The van der Waals surface area contributed by atoms with Crippen LogP contribution in [0.3, 0.4) is 0 Å². The average Bonchev–Trinajstić information content (AvgIpc) is 3.28. The summed E-state index contributed by atoms with van der Waals surface area (Å²) in [4.78, 5) is 25.0. The fourth-order valence-electron chi connectivity index (χ4n) is 3.34. The first kappa shape index (κ1) is 21.4. The zero-order chi connectivity index (χ0) is 22.7. The Hall–Kier alpha value is -3.83. The van der Waals surface area contributed by atoms with E-state index in [1.54, 1.807) is 42.5 Å². The van der Waals surface area contributed by atoms with Gasteiger partial charge in [0, 0.05) is 27.5 Å². The highest BCUT2D eigenvalue weighted by molar-refractivity contribution is 6.31. The van der Waals surface area contributed by atoms with Crippen molar-refractivity contribution in [3.05, 3.63) is 106 Å².